The van der Waals surface area contributed by atoms with Crippen LogP contribution in [-0.2, 0) is 6.42 Å². The Labute approximate surface area is 171 Å². The predicted molar refractivity (Wildman–Crippen MR) is 119 cm³/mol. The van der Waals surface area contributed by atoms with Gasteiger partial charge in [0.25, 0.3) is 0 Å². The number of benzene rings is 2. The third-order valence-corrected chi connectivity index (χ3v) is 5.38. The van der Waals surface area contributed by atoms with Crippen molar-refractivity contribution in [3.8, 4) is 17.3 Å². The number of hydrogen-bond donors (Lipinski definition) is 1. The lowest BCUT2D eigenvalue weighted by atomic mass is 10.0. The van der Waals surface area contributed by atoms with Gasteiger partial charge >= 0.3 is 0 Å². The minimum atomic E-state index is 0.535. The fourth-order valence-corrected chi connectivity index (χ4v) is 3.87. The lowest BCUT2D eigenvalue weighted by molar-refractivity contribution is 0.647. The molecule has 1 N–H and O–H groups in total. The van der Waals surface area contributed by atoms with E-state index in [9.17, 15) is 5.26 Å². The Morgan fingerprint density at radius 3 is 2.57 bits per heavy atom. The number of aromatic nitrogens is 1. The Kier molecular flexibility index (Phi) is 6.28. The summed E-state index contributed by atoms with van der Waals surface area (Å²) >= 11 is 1.49. The Balaban J connectivity index is 1.78. The number of nitrogens with one attached hydrogen (secondary N) is 1. The van der Waals surface area contributed by atoms with Crippen LogP contribution >= 0.6 is 11.3 Å². The molecule has 4 heteroatoms. The summed E-state index contributed by atoms with van der Waals surface area (Å²) < 4.78 is 0. The summed E-state index contributed by atoms with van der Waals surface area (Å²) in [6.45, 7) is 8.57. The largest absolute Gasteiger partial charge is 0.360 e. The smallest absolute Gasteiger partial charge is 0.136 e. The van der Waals surface area contributed by atoms with Crippen molar-refractivity contribution >= 4 is 22.6 Å². The van der Waals surface area contributed by atoms with E-state index in [0.29, 0.717) is 11.5 Å². The van der Waals surface area contributed by atoms with Gasteiger partial charge in [-0.3, -0.25) is 0 Å². The average Bonchev–Trinajstić information content (AvgIpc) is 3.14. The molecular formula is C24H25N3S. The highest BCUT2D eigenvalue weighted by Gasteiger charge is 2.09. The molecule has 0 amide bonds. The van der Waals surface area contributed by atoms with Crippen molar-refractivity contribution in [3.05, 3.63) is 75.7 Å². The molecule has 3 nitrogen and oxygen atoms in total. The number of aryl methyl sites for hydroxylation is 2. The van der Waals surface area contributed by atoms with Crippen molar-refractivity contribution in [3.63, 3.8) is 0 Å². The zero-order chi connectivity index (χ0) is 20.1. The Hall–Kier alpha value is -2.90. The monoisotopic (exact) mass is 387 g/mol. The Bertz CT molecular complexity index is 1020. The van der Waals surface area contributed by atoms with Gasteiger partial charge in [-0.25, -0.2) is 4.98 Å². The van der Waals surface area contributed by atoms with Gasteiger partial charge in [0.1, 0.15) is 16.6 Å². The van der Waals surface area contributed by atoms with Gasteiger partial charge < -0.3 is 5.32 Å². The topological polar surface area (TPSA) is 48.7 Å². The number of allylic oxidation sites excluding steroid dienone is 1. The van der Waals surface area contributed by atoms with Crippen LogP contribution in [0.5, 0.6) is 0 Å². The molecule has 0 aliphatic carbocycles. The maximum Gasteiger partial charge on any atom is 0.136 e. The lowest BCUT2D eigenvalue weighted by Crippen LogP contribution is -1.94. The first kappa shape index (κ1) is 19.9. The molecule has 1 aromatic heterocycles. The predicted octanol–water partition coefficient (Wildman–Crippen LogP) is 6.60. The van der Waals surface area contributed by atoms with Gasteiger partial charge in [-0.05, 0) is 43.4 Å². The minimum Gasteiger partial charge on any atom is -0.360 e. The van der Waals surface area contributed by atoms with Crippen molar-refractivity contribution in [1.82, 2.24) is 4.98 Å². The molecule has 3 aromatic rings. The quantitative estimate of drug-likeness (QED) is 0.485. The number of nitriles is 1. The first-order chi connectivity index (χ1) is 13.5. The zero-order valence-electron chi connectivity index (χ0n) is 16.8. The molecule has 0 atom stereocenters. The maximum atomic E-state index is 9.58. The van der Waals surface area contributed by atoms with Crippen molar-refractivity contribution in [2.45, 2.75) is 34.1 Å². The number of thiazole rings is 1. The number of nitrogens with zero attached hydrogens (tertiary/aromatic N) is 2. The summed E-state index contributed by atoms with van der Waals surface area (Å²) in [5.41, 5.74) is 7.22. The number of anilines is 1. The van der Waals surface area contributed by atoms with Crippen LogP contribution in [0.25, 0.3) is 16.8 Å². The van der Waals surface area contributed by atoms with Crippen molar-refractivity contribution in [2.24, 2.45) is 5.92 Å². The summed E-state index contributed by atoms with van der Waals surface area (Å²) in [6.07, 6.45) is 2.82. The highest BCUT2D eigenvalue weighted by atomic mass is 32.1. The summed E-state index contributed by atoms with van der Waals surface area (Å²) in [6, 6.07) is 17.0. The normalized spacial score (nSPS) is 11.5. The molecule has 0 bridgehead atoms. The highest BCUT2D eigenvalue weighted by molar-refractivity contribution is 7.11. The van der Waals surface area contributed by atoms with Gasteiger partial charge in [-0.2, -0.15) is 5.26 Å². The molecular weight excluding hydrogens is 362 g/mol. The van der Waals surface area contributed by atoms with Crippen LogP contribution in [0.2, 0.25) is 0 Å². The summed E-state index contributed by atoms with van der Waals surface area (Å²) in [7, 11) is 0. The van der Waals surface area contributed by atoms with E-state index in [2.05, 4.69) is 80.5 Å². The van der Waals surface area contributed by atoms with Gasteiger partial charge in [0, 0.05) is 22.8 Å². The molecule has 142 valence electrons. The van der Waals surface area contributed by atoms with E-state index >= 15 is 0 Å². The van der Waals surface area contributed by atoms with E-state index < -0.39 is 0 Å². The molecule has 2 aromatic carbocycles. The van der Waals surface area contributed by atoms with Crippen LogP contribution in [0.15, 0.2) is 54.0 Å². The molecule has 0 unspecified atom stereocenters. The van der Waals surface area contributed by atoms with E-state index in [4.69, 9.17) is 0 Å². The second kappa shape index (κ2) is 8.86. The second-order valence-corrected chi connectivity index (χ2v) is 8.32. The number of hydrogen-bond acceptors (Lipinski definition) is 4. The van der Waals surface area contributed by atoms with Crippen molar-refractivity contribution < 1.29 is 0 Å². The molecule has 0 spiro atoms. The maximum absolute atomic E-state index is 9.58. The summed E-state index contributed by atoms with van der Waals surface area (Å²) in [5, 5.41) is 15.6. The van der Waals surface area contributed by atoms with Crippen LogP contribution in [0.4, 0.5) is 5.69 Å². The van der Waals surface area contributed by atoms with Gasteiger partial charge in [0.2, 0.25) is 0 Å². The molecule has 0 aliphatic heterocycles. The molecule has 0 fully saturated rings. The summed E-state index contributed by atoms with van der Waals surface area (Å²) in [5.74, 6) is 0.643. The summed E-state index contributed by atoms with van der Waals surface area (Å²) in [4.78, 5) is 4.68. The van der Waals surface area contributed by atoms with Crippen molar-refractivity contribution in [2.75, 3.05) is 5.32 Å². The van der Waals surface area contributed by atoms with E-state index in [-0.39, 0.29) is 0 Å². The fourth-order valence-electron chi connectivity index (χ4n) is 3.08. The Morgan fingerprint density at radius 2 is 1.93 bits per heavy atom. The molecule has 3 rings (SSSR count). The zero-order valence-corrected chi connectivity index (χ0v) is 17.6. The number of rotatable bonds is 6. The Morgan fingerprint density at radius 1 is 1.18 bits per heavy atom. The van der Waals surface area contributed by atoms with E-state index in [1.165, 1.54) is 22.5 Å². The average molecular weight is 388 g/mol. The van der Waals surface area contributed by atoms with Crippen molar-refractivity contribution in [1.29, 1.82) is 5.26 Å². The molecule has 28 heavy (non-hydrogen) atoms. The van der Waals surface area contributed by atoms with Gasteiger partial charge in [0.15, 0.2) is 0 Å². The SMILES string of the molecule is Cc1ccc(NC=C(C#N)c2nc(-c3ccc(CC(C)C)cc3)cs2)c(C)c1. The van der Waals surface area contributed by atoms with E-state index in [1.54, 1.807) is 6.20 Å². The van der Waals surface area contributed by atoms with Crippen LogP contribution in [-0.4, -0.2) is 4.98 Å². The van der Waals surface area contributed by atoms with Gasteiger partial charge in [0.05, 0.1) is 5.69 Å². The standard InChI is InChI=1S/C24H25N3S/c1-16(2)11-19-6-8-20(9-7-19)23-15-28-24(27-23)21(13-25)14-26-22-10-5-17(3)12-18(22)4/h5-10,12,14-16,26H,11H2,1-4H3. The van der Waals surface area contributed by atoms with E-state index in [1.807, 2.05) is 11.4 Å². The van der Waals surface area contributed by atoms with Crippen LogP contribution in [0.3, 0.4) is 0 Å². The molecule has 0 aliphatic rings. The highest BCUT2D eigenvalue weighted by Crippen LogP contribution is 2.27. The molecule has 0 saturated carbocycles. The van der Waals surface area contributed by atoms with Crippen LogP contribution in [0, 0.1) is 31.1 Å². The third kappa shape index (κ3) is 4.88. The van der Waals surface area contributed by atoms with Gasteiger partial charge in [-0.1, -0.05) is 55.8 Å². The van der Waals surface area contributed by atoms with E-state index in [0.717, 1.165) is 33.9 Å². The first-order valence-corrected chi connectivity index (χ1v) is 10.3. The van der Waals surface area contributed by atoms with Crippen LogP contribution < -0.4 is 5.32 Å². The van der Waals surface area contributed by atoms with Crippen LogP contribution in [0.1, 0.15) is 35.5 Å². The van der Waals surface area contributed by atoms with Gasteiger partial charge in [-0.15, -0.1) is 11.3 Å². The lowest BCUT2D eigenvalue weighted by Gasteiger charge is -2.06. The molecule has 0 radical (unpaired) electrons. The fraction of sp³-hybridized carbons (Fsp3) is 0.250. The molecule has 1 heterocycles. The third-order valence-electron chi connectivity index (χ3n) is 4.50. The minimum absolute atomic E-state index is 0.535. The second-order valence-electron chi connectivity index (χ2n) is 7.47. The first-order valence-electron chi connectivity index (χ1n) is 9.45. The molecule has 0 saturated heterocycles.